The number of methoxy groups -OCH3 is 1. The average Bonchev–Trinajstić information content (AvgIpc) is 3.23. The van der Waals surface area contributed by atoms with Gasteiger partial charge < -0.3 is 23.7 Å². The molecule has 1 heterocycles. The molecule has 5 aliphatic rings. The van der Waals surface area contributed by atoms with Gasteiger partial charge in [-0.15, -0.1) is 0 Å². The fourth-order valence-corrected chi connectivity index (χ4v) is 10.3. The Morgan fingerprint density at radius 1 is 0.941 bits per heavy atom. The number of rotatable bonds is 3. The Balaban J connectivity index is 1.55. The molecular formula is C28H50O5Si. The summed E-state index contributed by atoms with van der Waals surface area (Å²) in [5.41, 5.74) is -0.361. The molecule has 4 aliphatic carbocycles. The molecule has 6 heteroatoms. The molecule has 0 aromatic carbocycles. The van der Waals surface area contributed by atoms with Gasteiger partial charge in [0.15, 0.2) is 14.1 Å². The Hall–Kier alpha value is 0.0169. The monoisotopic (exact) mass is 494 g/mol. The molecule has 1 saturated heterocycles. The summed E-state index contributed by atoms with van der Waals surface area (Å²) in [6.07, 6.45) is 7.41. The van der Waals surface area contributed by atoms with Crippen molar-refractivity contribution in [2.75, 3.05) is 7.11 Å². The van der Waals surface area contributed by atoms with Crippen molar-refractivity contribution in [3.63, 3.8) is 0 Å². The molecule has 0 amide bonds. The molecule has 0 spiro atoms. The van der Waals surface area contributed by atoms with Crippen LogP contribution in [0, 0.1) is 29.1 Å². The van der Waals surface area contributed by atoms with Gasteiger partial charge in [-0.2, -0.15) is 0 Å². The van der Waals surface area contributed by atoms with E-state index in [2.05, 4.69) is 54.6 Å². The molecule has 10 atom stereocenters. The smallest absolute Gasteiger partial charge is 0.192 e. The van der Waals surface area contributed by atoms with Crippen LogP contribution in [0.5, 0.6) is 0 Å². The molecule has 34 heavy (non-hydrogen) atoms. The van der Waals surface area contributed by atoms with E-state index in [0.717, 1.165) is 12.8 Å². The van der Waals surface area contributed by atoms with Gasteiger partial charge in [0.2, 0.25) is 0 Å². The van der Waals surface area contributed by atoms with Crippen molar-refractivity contribution in [1.82, 2.24) is 0 Å². The van der Waals surface area contributed by atoms with E-state index in [4.69, 9.17) is 18.6 Å². The summed E-state index contributed by atoms with van der Waals surface area (Å²) in [6.45, 7) is 18.2. The van der Waals surface area contributed by atoms with Crippen LogP contribution < -0.4 is 0 Å². The number of ether oxygens (including phenoxy) is 3. The van der Waals surface area contributed by atoms with Crippen molar-refractivity contribution >= 4 is 8.32 Å². The topological polar surface area (TPSA) is 57.2 Å². The van der Waals surface area contributed by atoms with E-state index in [1.807, 2.05) is 7.11 Å². The van der Waals surface area contributed by atoms with Crippen molar-refractivity contribution < 1.29 is 23.7 Å². The number of hydrogen-bond donors (Lipinski definition) is 1. The lowest BCUT2D eigenvalue weighted by molar-refractivity contribution is -0.248. The third kappa shape index (κ3) is 3.56. The van der Waals surface area contributed by atoms with E-state index < -0.39 is 25.8 Å². The normalized spacial score (nSPS) is 50.3. The highest BCUT2D eigenvalue weighted by molar-refractivity contribution is 6.74. The maximum Gasteiger partial charge on any atom is 0.192 e. The van der Waals surface area contributed by atoms with Crippen LogP contribution in [-0.2, 0) is 18.6 Å². The number of fused-ring (bicyclic) bond motifs is 8. The van der Waals surface area contributed by atoms with Gasteiger partial charge in [0, 0.05) is 13.5 Å². The van der Waals surface area contributed by atoms with Gasteiger partial charge in [0.05, 0.1) is 30.0 Å². The molecule has 0 radical (unpaired) electrons. The Labute approximate surface area is 208 Å². The van der Waals surface area contributed by atoms with E-state index in [1.54, 1.807) is 0 Å². The summed E-state index contributed by atoms with van der Waals surface area (Å²) < 4.78 is 27.0. The van der Waals surface area contributed by atoms with E-state index in [0.29, 0.717) is 18.3 Å². The fraction of sp³-hybridized carbons (Fsp3) is 1.00. The van der Waals surface area contributed by atoms with Gasteiger partial charge in [-0.3, -0.25) is 0 Å². The Bertz CT molecular complexity index is 792. The summed E-state index contributed by atoms with van der Waals surface area (Å²) in [6, 6.07) is 0. The van der Waals surface area contributed by atoms with Gasteiger partial charge in [-0.05, 0) is 86.7 Å². The van der Waals surface area contributed by atoms with Gasteiger partial charge in [0.25, 0.3) is 0 Å². The molecule has 0 bridgehead atoms. The molecule has 196 valence electrons. The lowest BCUT2D eigenvalue weighted by Crippen LogP contribution is -2.69. The zero-order valence-electron chi connectivity index (χ0n) is 23.1. The van der Waals surface area contributed by atoms with E-state index in [-0.39, 0.29) is 40.6 Å². The number of aliphatic hydroxyl groups excluding tert-OH is 1. The maximum absolute atomic E-state index is 12.0. The van der Waals surface area contributed by atoms with Gasteiger partial charge in [-0.1, -0.05) is 40.5 Å². The lowest BCUT2D eigenvalue weighted by Gasteiger charge is -2.64. The van der Waals surface area contributed by atoms with Crippen molar-refractivity contribution in [3.05, 3.63) is 0 Å². The Morgan fingerprint density at radius 2 is 1.62 bits per heavy atom. The van der Waals surface area contributed by atoms with Crippen LogP contribution in [-0.4, -0.2) is 56.3 Å². The number of hydrogen-bond acceptors (Lipinski definition) is 5. The minimum atomic E-state index is -1.99. The second kappa shape index (κ2) is 8.01. The highest BCUT2D eigenvalue weighted by Crippen LogP contribution is 2.67. The minimum absolute atomic E-state index is 0.0253. The molecule has 1 N–H and O–H groups in total. The zero-order valence-corrected chi connectivity index (χ0v) is 24.1. The first kappa shape index (κ1) is 25.7. The standard InChI is InChI=1S/C28H50O5Si/c1-25(2,3)34(8,9)33-20-14-13-17-21-22(19(29)16-28(17,20)30-7)27(6)15-11-10-12-18(27)23-24(21)32-26(4,5)31-23/h17-24,29H,10-16H2,1-9H3/t17?,18?,19?,20-,21?,22?,23+,24+,27-,28+/m0/s1. The number of aliphatic hydroxyl groups is 1. The molecule has 5 rings (SSSR count). The first-order chi connectivity index (χ1) is 15.7. The summed E-state index contributed by atoms with van der Waals surface area (Å²) in [5.74, 6) is 0.681. The first-order valence-electron chi connectivity index (χ1n) is 13.9. The van der Waals surface area contributed by atoms with Gasteiger partial charge >= 0.3 is 0 Å². The van der Waals surface area contributed by atoms with Gasteiger partial charge in [0.1, 0.15) is 0 Å². The van der Waals surface area contributed by atoms with Crippen molar-refractivity contribution in [2.24, 2.45) is 29.1 Å². The van der Waals surface area contributed by atoms with Gasteiger partial charge in [-0.25, -0.2) is 0 Å². The molecule has 5 fully saturated rings. The van der Waals surface area contributed by atoms with Crippen molar-refractivity contribution in [2.45, 2.75) is 140 Å². The van der Waals surface area contributed by atoms with E-state index in [1.165, 1.54) is 25.7 Å². The van der Waals surface area contributed by atoms with Crippen LogP contribution in [0.2, 0.25) is 18.1 Å². The van der Waals surface area contributed by atoms with Crippen molar-refractivity contribution in [3.8, 4) is 0 Å². The Morgan fingerprint density at radius 3 is 2.26 bits per heavy atom. The minimum Gasteiger partial charge on any atom is -0.411 e. The fourth-order valence-electron chi connectivity index (χ4n) is 8.95. The SMILES string of the molecule is CO[C@]12CC(O)C3C(C1CC[C@@H]2O[Si](C)(C)C(C)(C)C)[C@H]1OC(C)(C)O[C@@H]1C1CCCC[C@]31C. The van der Waals surface area contributed by atoms with E-state index in [9.17, 15) is 5.11 Å². The second-order valence-corrected chi connectivity index (χ2v) is 19.3. The summed E-state index contributed by atoms with van der Waals surface area (Å²) in [7, 11) is -0.129. The summed E-state index contributed by atoms with van der Waals surface area (Å²) in [5, 5.41) is 12.1. The quantitative estimate of drug-likeness (QED) is 0.495. The predicted molar refractivity (Wildman–Crippen MR) is 136 cm³/mol. The van der Waals surface area contributed by atoms with Crippen molar-refractivity contribution in [1.29, 1.82) is 0 Å². The Kier molecular flexibility index (Phi) is 6.04. The van der Waals surface area contributed by atoms with Crippen LogP contribution in [0.25, 0.3) is 0 Å². The summed E-state index contributed by atoms with van der Waals surface area (Å²) in [4.78, 5) is 0. The third-order valence-corrected chi connectivity index (χ3v) is 15.9. The molecule has 0 aromatic heterocycles. The van der Waals surface area contributed by atoms with Crippen LogP contribution >= 0.6 is 0 Å². The summed E-state index contributed by atoms with van der Waals surface area (Å²) >= 11 is 0. The van der Waals surface area contributed by atoms with Crippen LogP contribution in [0.1, 0.15) is 86.5 Å². The maximum atomic E-state index is 12.0. The molecule has 0 aromatic rings. The highest BCUT2D eigenvalue weighted by Gasteiger charge is 2.72. The molecule has 4 saturated carbocycles. The molecule has 1 aliphatic heterocycles. The van der Waals surface area contributed by atoms with E-state index >= 15 is 0 Å². The predicted octanol–water partition coefficient (Wildman–Crippen LogP) is 5.90. The highest BCUT2D eigenvalue weighted by atomic mass is 28.4. The van der Waals surface area contributed by atoms with Crippen LogP contribution in [0.3, 0.4) is 0 Å². The second-order valence-electron chi connectivity index (χ2n) is 14.5. The molecule has 5 nitrogen and oxygen atoms in total. The first-order valence-corrected chi connectivity index (χ1v) is 16.8. The molecular weight excluding hydrogens is 444 g/mol. The van der Waals surface area contributed by atoms with Crippen LogP contribution in [0.4, 0.5) is 0 Å². The molecule has 5 unspecified atom stereocenters. The lowest BCUT2D eigenvalue weighted by atomic mass is 9.44. The average molecular weight is 495 g/mol. The largest absolute Gasteiger partial charge is 0.411 e. The zero-order chi connectivity index (χ0) is 24.9. The third-order valence-electron chi connectivity index (χ3n) is 11.4. The van der Waals surface area contributed by atoms with Crippen LogP contribution in [0.15, 0.2) is 0 Å².